The SMILES string of the molecule is O=C1c2ccccc2C(=O)N1CCCCCC(F)(F)c1ccccc1-c1csc(NS(=O)(=O)c2cccc(Br)c2)n1. The number of unbranched alkanes of at least 4 members (excludes halogenated alkanes) is 2. The van der Waals surface area contributed by atoms with Gasteiger partial charge in [-0.15, -0.1) is 11.3 Å². The maximum absolute atomic E-state index is 15.4. The van der Waals surface area contributed by atoms with Gasteiger partial charge >= 0.3 is 0 Å². The van der Waals surface area contributed by atoms with E-state index < -0.39 is 22.4 Å². The number of alkyl halides is 2. The molecule has 4 aromatic rings. The van der Waals surface area contributed by atoms with Crippen LogP contribution >= 0.6 is 27.3 Å². The molecule has 1 aromatic heterocycles. The minimum absolute atomic E-state index is 0.0403. The molecule has 0 aliphatic carbocycles. The number of nitrogens with one attached hydrogen (secondary N) is 1. The highest BCUT2D eigenvalue weighted by Gasteiger charge is 2.36. The van der Waals surface area contributed by atoms with Gasteiger partial charge in [-0.2, -0.15) is 0 Å². The van der Waals surface area contributed by atoms with E-state index in [-0.39, 0.29) is 51.6 Å². The lowest BCUT2D eigenvalue weighted by molar-refractivity contribution is -0.0153. The zero-order valence-corrected chi connectivity index (χ0v) is 24.7. The second kappa shape index (κ2) is 11.8. The lowest BCUT2D eigenvalue weighted by atomic mass is 9.96. The molecule has 7 nitrogen and oxygen atoms in total. The standard InChI is InChI=1S/C29H24BrF2N3O4S2/c30-19-9-8-10-20(17-19)41(38,39)34-28-33-25(18-40-28)23-13-4-5-14-24(23)29(31,32)15-6-1-7-16-35-26(36)21-11-2-3-12-22(21)27(35)37/h2-5,8-14,17-18H,1,6-7,15-16H2,(H,33,34). The number of carbonyl (C=O) groups excluding carboxylic acids is 2. The topological polar surface area (TPSA) is 96.4 Å². The maximum Gasteiger partial charge on any atom is 0.273 e. The number of imide groups is 1. The number of fused-ring (bicyclic) bond motifs is 1. The lowest BCUT2D eigenvalue weighted by Gasteiger charge is -2.20. The Morgan fingerprint density at radius 3 is 2.22 bits per heavy atom. The fourth-order valence-electron chi connectivity index (χ4n) is 4.65. The van der Waals surface area contributed by atoms with Crippen LogP contribution in [-0.2, 0) is 15.9 Å². The van der Waals surface area contributed by atoms with Gasteiger partial charge in [-0.3, -0.25) is 19.2 Å². The Hall–Kier alpha value is -3.48. The van der Waals surface area contributed by atoms with E-state index in [1.54, 1.807) is 42.5 Å². The predicted molar refractivity (Wildman–Crippen MR) is 157 cm³/mol. The van der Waals surface area contributed by atoms with Crippen molar-refractivity contribution in [2.24, 2.45) is 0 Å². The summed E-state index contributed by atoms with van der Waals surface area (Å²) >= 11 is 4.25. The van der Waals surface area contributed by atoms with Crippen LogP contribution in [0.4, 0.5) is 13.9 Å². The van der Waals surface area contributed by atoms with Crippen molar-refractivity contribution in [1.29, 1.82) is 0 Å². The molecule has 5 rings (SSSR count). The normalized spacial score (nSPS) is 13.5. The van der Waals surface area contributed by atoms with E-state index in [0.717, 1.165) is 11.3 Å². The fraction of sp³-hybridized carbons (Fsp3) is 0.207. The summed E-state index contributed by atoms with van der Waals surface area (Å²) in [5.74, 6) is -3.89. The van der Waals surface area contributed by atoms with Crippen molar-refractivity contribution in [1.82, 2.24) is 9.88 Å². The third kappa shape index (κ3) is 6.24. The molecular weight excluding hydrogens is 636 g/mol. The number of hydrogen-bond acceptors (Lipinski definition) is 6. The largest absolute Gasteiger partial charge is 0.274 e. The summed E-state index contributed by atoms with van der Waals surface area (Å²) < 4.78 is 59.3. The number of nitrogens with zero attached hydrogens (tertiary/aromatic N) is 2. The number of anilines is 1. The molecule has 0 unspecified atom stereocenters. The summed E-state index contributed by atoms with van der Waals surface area (Å²) in [5, 5.41) is 1.60. The van der Waals surface area contributed by atoms with Crippen LogP contribution in [0.5, 0.6) is 0 Å². The molecule has 212 valence electrons. The summed E-state index contributed by atoms with van der Waals surface area (Å²) in [6.45, 7) is 0.173. The highest BCUT2D eigenvalue weighted by atomic mass is 79.9. The average molecular weight is 661 g/mol. The van der Waals surface area contributed by atoms with Crippen LogP contribution in [0.2, 0.25) is 0 Å². The first-order valence-corrected chi connectivity index (χ1v) is 15.9. The maximum atomic E-state index is 15.4. The number of amides is 2. The molecule has 1 aliphatic heterocycles. The first-order valence-electron chi connectivity index (χ1n) is 12.7. The molecule has 0 bridgehead atoms. The predicted octanol–water partition coefficient (Wildman–Crippen LogP) is 7.32. The monoisotopic (exact) mass is 659 g/mol. The second-order valence-corrected chi connectivity index (χ2v) is 12.9. The van der Waals surface area contributed by atoms with E-state index in [4.69, 9.17) is 0 Å². The van der Waals surface area contributed by atoms with Crippen LogP contribution in [-0.4, -0.2) is 36.7 Å². The quantitative estimate of drug-likeness (QED) is 0.134. The van der Waals surface area contributed by atoms with Crippen molar-refractivity contribution in [2.75, 3.05) is 11.3 Å². The number of rotatable bonds is 11. The number of benzene rings is 3. The van der Waals surface area contributed by atoms with E-state index in [1.807, 2.05) is 0 Å². The zero-order chi connectivity index (χ0) is 29.2. The molecule has 41 heavy (non-hydrogen) atoms. The van der Waals surface area contributed by atoms with Gasteiger partial charge in [0.05, 0.1) is 21.7 Å². The smallest absolute Gasteiger partial charge is 0.273 e. The first-order chi connectivity index (χ1) is 19.6. The van der Waals surface area contributed by atoms with Crippen molar-refractivity contribution < 1.29 is 26.8 Å². The molecule has 0 saturated heterocycles. The van der Waals surface area contributed by atoms with Crippen LogP contribution in [0.15, 0.2) is 87.5 Å². The molecule has 1 N–H and O–H groups in total. The number of hydrogen-bond donors (Lipinski definition) is 1. The van der Waals surface area contributed by atoms with Gasteiger partial charge in [-0.25, -0.2) is 22.2 Å². The van der Waals surface area contributed by atoms with Crippen LogP contribution < -0.4 is 4.72 Å². The van der Waals surface area contributed by atoms with E-state index in [1.165, 1.54) is 40.6 Å². The van der Waals surface area contributed by atoms with Crippen molar-refractivity contribution in [2.45, 2.75) is 36.5 Å². The molecule has 2 heterocycles. The summed E-state index contributed by atoms with van der Waals surface area (Å²) in [7, 11) is -3.92. The number of aromatic nitrogens is 1. The zero-order valence-electron chi connectivity index (χ0n) is 21.5. The Morgan fingerprint density at radius 1 is 0.878 bits per heavy atom. The van der Waals surface area contributed by atoms with E-state index in [2.05, 4.69) is 25.6 Å². The van der Waals surface area contributed by atoms with Crippen molar-refractivity contribution in [3.8, 4) is 11.3 Å². The Balaban J connectivity index is 1.21. The minimum Gasteiger partial charge on any atom is -0.274 e. The summed E-state index contributed by atoms with van der Waals surface area (Å²) in [4.78, 5) is 30.5. The molecule has 0 spiro atoms. The second-order valence-electron chi connectivity index (χ2n) is 9.47. The number of halogens is 3. The van der Waals surface area contributed by atoms with Crippen molar-refractivity contribution in [3.05, 3.63) is 99.3 Å². The van der Waals surface area contributed by atoms with Crippen LogP contribution in [0.1, 0.15) is 52.0 Å². The number of sulfonamides is 1. The van der Waals surface area contributed by atoms with Crippen LogP contribution in [0, 0.1) is 0 Å². The van der Waals surface area contributed by atoms with Gasteiger partial charge < -0.3 is 0 Å². The van der Waals surface area contributed by atoms with Gasteiger partial charge in [-0.05, 0) is 43.2 Å². The minimum atomic E-state index is -3.92. The molecule has 12 heteroatoms. The third-order valence-electron chi connectivity index (χ3n) is 6.68. The molecular formula is C29H24BrF2N3O4S2. The molecule has 2 amide bonds. The molecule has 0 fully saturated rings. The Kier molecular flexibility index (Phi) is 8.35. The van der Waals surface area contributed by atoms with Crippen molar-refractivity contribution >= 4 is 54.2 Å². The van der Waals surface area contributed by atoms with Gasteiger partial charge in [0.25, 0.3) is 27.8 Å². The summed E-state index contributed by atoms with van der Waals surface area (Å²) in [6.07, 6.45) is 0.568. The van der Waals surface area contributed by atoms with Gasteiger partial charge in [0.1, 0.15) is 0 Å². The number of carbonyl (C=O) groups is 2. The molecule has 0 saturated carbocycles. The summed E-state index contributed by atoms with van der Waals surface area (Å²) in [6, 6.07) is 18.8. The van der Waals surface area contributed by atoms with Crippen LogP contribution in [0.25, 0.3) is 11.3 Å². The molecule has 0 radical (unpaired) electrons. The highest BCUT2D eigenvalue weighted by Crippen LogP contribution is 2.40. The number of thiazole rings is 1. The fourth-order valence-corrected chi connectivity index (χ4v) is 7.21. The molecule has 3 aromatic carbocycles. The Morgan fingerprint density at radius 2 is 1.54 bits per heavy atom. The van der Waals surface area contributed by atoms with E-state index in [0.29, 0.717) is 28.4 Å². The first kappa shape index (κ1) is 29.0. The third-order valence-corrected chi connectivity index (χ3v) is 9.40. The van der Waals surface area contributed by atoms with Gasteiger partial charge in [0, 0.05) is 33.9 Å². The van der Waals surface area contributed by atoms with E-state index >= 15 is 8.78 Å². The van der Waals surface area contributed by atoms with Crippen molar-refractivity contribution in [3.63, 3.8) is 0 Å². The van der Waals surface area contributed by atoms with E-state index in [9.17, 15) is 18.0 Å². The summed E-state index contributed by atoms with van der Waals surface area (Å²) in [5.41, 5.74) is 0.987. The van der Waals surface area contributed by atoms with Gasteiger partial charge in [0.2, 0.25) is 0 Å². The Labute approximate surface area is 248 Å². The lowest BCUT2D eigenvalue weighted by Crippen LogP contribution is -2.30. The molecule has 1 aliphatic rings. The van der Waals surface area contributed by atoms with Gasteiger partial charge in [-0.1, -0.05) is 64.8 Å². The Bertz CT molecular complexity index is 1690. The highest BCUT2D eigenvalue weighted by molar-refractivity contribution is 9.10. The average Bonchev–Trinajstić information content (AvgIpc) is 3.51. The molecule has 0 atom stereocenters. The van der Waals surface area contributed by atoms with Crippen LogP contribution in [0.3, 0.4) is 0 Å². The van der Waals surface area contributed by atoms with Gasteiger partial charge in [0.15, 0.2) is 5.13 Å².